The summed E-state index contributed by atoms with van der Waals surface area (Å²) in [5.41, 5.74) is 10.3. The first-order valence-corrected chi connectivity index (χ1v) is 2.87. The van der Waals surface area contributed by atoms with E-state index in [1.54, 1.807) is 0 Å². The van der Waals surface area contributed by atoms with Gasteiger partial charge in [0.25, 0.3) is 0 Å². The Kier molecular flexibility index (Phi) is 9.76. The van der Waals surface area contributed by atoms with Crippen LogP contribution < -0.4 is 11.5 Å². The van der Waals surface area contributed by atoms with Crippen molar-refractivity contribution in [1.82, 2.24) is 0 Å². The van der Waals surface area contributed by atoms with Gasteiger partial charge in [-0.3, -0.25) is 4.79 Å². The van der Waals surface area contributed by atoms with Crippen LogP contribution in [-0.4, -0.2) is 53.2 Å². The third kappa shape index (κ3) is 6.51. The van der Waals surface area contributed by atoms with Crippen molar-refractivity contribution in [2.24, 2.45) is 11.5 Å². The zero-order chi connectivity index (χ0) is 7.28. The van der Waals surface area contributed by atoms with Crippen LogP contribution in [0.15, 0.2) is 0 Å². The molecule has 0 fully saturated rings. The molecule has 0 heterocycles. The topological polar surface area (TPSA) is 89.3 Å². The third-order valence-electron chi connectivity index (χ3n) is 1.04. The van der Waals surface area contributed by atoms with Gasteiger partial charge in [-0.2, -0.15) is 0 Å². The Hall–Kier alpha value is 0.390. The van der Waals surface area contributed by atoms with Gasteiger partial charge in [0.1, 0.15) is 6.04 Å². The maximum atomic E-state index is 10.0. The van der Waals surface area contributed by atoms with Gasteiger partial charge in [0.2, 0.25) is 0 Å². The van der Waals surface area contributed by atoms with Gasteiger partial charge in [0, 0.05) is 0 Å². The van der Waals surface area contributed by atoms with E-state index in [-0.39, 0.29) is 29.6 Å². The molecule has 4 nitrogen and oxygen atoms in total. The van der Waals surface area contributed by atoms with Crippen molar-refractivity contribution >= 4 is 35.5 Å². The molecule has 5 N–H and O–H groups in total. The van der Waals surface area contributed by atoms with E-state index in [1.807, 2.05) is 0 Å². The fourth-order valence-electron chi connectivity index (χ4n) is 0.461. The molecule has 0 aromatic heterocycles. The Morgan fingerprint density at radius 2 is 2.10 bits per heavy atom. The number of carbonyl (C=O) groups is 1. The van der Waals surface area contributed by atoms with Crippen LogP contribution in [0.1, 0.15) is 12.8 Å². The van der Waals surface area contributed by atoms with Crippen LogP contribution in [0, 0.1) is 0 Å². The second-order valence-corrected chi connectivity index (χ2v) is 1.88. The Balaban J connectivity index is 0. The SMILES string of the molecule is NCCC[C@@H](N)C(=O)O.[NaH]. The van der Waals surface area contributed by atoms with Crippen LogP contribution in [0.2, 0.25) is 0 Å². The second-order valence-electron chi connectivity index (χ2n) is 1.88. The third-order valence-corrected chi connectivity index (χ3v) is 1.04. The van der Waals surface area contributed by atoms with Crippen molar-refractivity contribution in [1.29, 1.82) is 0 Å². The zero-order valence-electron chi connectivity index (χ0n) is 5.21. The Bertz CT molecular complexity index is 99.6. The van der Waals surface area contributed by atoms with Crippen LogP contribution in [0.5, 0.6) is 0 Å². The molecule has 0 rings (SSSR count). The number of hydrogen-bond donors (Lipinski definition) is 3. The van der Waals surface area contributed by atoms with Crippen LogP contribution in [-0.2, 0) is 4.79 Å². The van der Waals surface area contributed by atoms with Gasteiger partial charge in [0.15, 0.2) is 0 Å². The molecule has 0 saturated carbocycles. The number of hydrogen-bond acceptors (Lipinski definition) is 3. The number of carboxylic acid groups (broad SMARTS) is 1. The number of carboxylic acids is 1. The molecular weight excluding hydrogens is 143 g/mol. The number of rotatable bonds is 4. The van der Waals surface area contributed by atoms with Crippen molar-refractivity contribution in [2.45, 2.75) is 18.9 Å². The molecule has 0 spiro atoms. The maximum absolute atomic E-state index is 10.0. The quantitative estimate of drug-likeness (QED) is 0.431. The molecule has 1 atom stereocenters. The van der Waals surface area contributed by atoms with Gasteiger partial charge in [-0.05, 0) is 19.4 Å². The van der Waals surface area contributed by atoms with Crippen LogP contribution in [0.3, 0.4) is 0 Å². The van der Waals surface area contributed by atoms with Crippen molar-refractivity contribution in [3.05, 3.63) is 0 Å². The molecule has 56 valence electrons. The van der Waals surface area contributed by atoms with Gasteiger partial charge in [-0.25, -0.2) is 0 Å². The van der Waals surface area contributed by atoms with Crippen molar-refractivity contribution in [3.63, 3.8) is 0 Å². The minimum atomic E-state index is -0.955. The molecule has 0 aliphatic carbocycles. The first-order valence-electron chi connectivity index (χ1n) is 2.87. The summed E-state index contributed by atoms with van der Waals surface area (Å²) >= 11 is 0. The Morgan fingerprint density at radius 1 is 1.60 bits per heavy atom. The van der Waals surface area contributed by atoms with Gasteiger partial charge in [-0.1, -0.05) is 0 Å². The predicted molar refractivity (Wildman–Crippen MR) is 41.0 cm³/mol. The normalized spacial score (nSPS) is 11.8. The Labute approximate surface area is 82.2 Å². The van der Waals surface area contributed by atoms with E-state index >= 15 is 0 Å². The summed E-state index contributed by atoms with van der Waals surface area (Å²) in [4.78, 5) is 10.0. The molecule has 0 bridgehead atoms. The van der Waals surface area contributed by atoms with Gasteiger partial charge < -0.3 is 16.6 Å². The molecule has 10 heavy (non-hydrogen) atoms. The number of aliphatic carboxylic acids is 1. The van der Waals surface area contributed by atoms with Crippen molar-refractivity contribution < 1.29 is 9.90 Å². The first-order chi connectivity index (χ1) is 4.18. The standard InChI is InChI=1S/C5H12N2O2.Na.H/c6-3-1-2-4(7)5(8)9;;/h4H,1-3,6-7H2,(H,8,9);;/t4-;;/m1../s1. The van der Waals surface area contributed by atoms with E-state index < -0.39 is 12.0 Å². The van der Waals surface area contributed by atoms with Crippen LogP contribution >= 0.6 is 0 Å². The Morgan fingerprint density at radius 3 is 2.40 bits per heavy atom. The van der Waals surface area contributed by atoms with Crippen LogP contribution in [0.4, 0.5) is 0 Å². The molecule has 0 aromatic rings. The second kappa shape index (κ2) is 7.50. The molecule has 0 unspecified atom stereocenters. The predicted octanol–water partition coefficient (Wildman–Crippen LogP) is -1.51. The molecule has 0 amide bonds. The van der Waals surface area contributed by atoms with E-state index in [0.29, 0.717) is 19.4 Å². The van der Waals surface area contributed by atoms with E-state index in [9.17, 15) is 4.79 Å². The summed E-state index contributed by atoms with van der Waals surface area (Å²) in [6, 6.07) is -0.742. The van der Waals surface area contributed by atoms with Gasteiger partial charge in [0.05, 0.1) is 0 Å². The zero-order valence-corrected chi connectivity index (χ0v) is 5.21. The van der Waals surface area contributed by atoms with Gasteiger partial charge in [-0.15, -0.1) is 0 Å². The average molecular weight is 156 g/mol. The van der Waals surface area contributed by atoms with E-state index in [0.717, 1.165) is 0 Å². The minimum absolute atomic E-state index is 0. The molecule has 0 aliphatic rings. The van der Waals surface area contributed by atoms with E-state index in [4.69, 9.17) is 16.6 Å². The molecule has 0 saturated heterocycles. The fourth-order valence-corrected chi connectivity index (χ4v) is 0.461. The summed E-state index contributed by atoms with van der Waals surface area (Å²) in [6.45, 7) is 0.501. The van der Waals surface area contributed by atoms with Crippen molar-refractivity contribution in [2.75, 3.05) is 6.54 Å². The monoisotopic (exact) mass is 156 g/mol. The summed E-state index contributed by atoms with van der Waals surface area (Å²) in [5, 5.41) is 8.24. The molecule has 0 radical (unpaired) electrons. The fraction of sp³-hybridized carbons (Fsp3) is 0.800. The summed E-state index contributed by atoms with van der Waals surface area (Å²) in [5.74, 6) is -0.955. The van der Waals surface area contributed by atoms with E-state index in [1.165, 1.54) is 0 Å². The molecule has 5 heteroatoms. The van der Waals surface area contributed by atoms with Crippen LogP contribution in [0.25, 0.3) is 0 Å². The van der Waals surface area contributed by atoms with E-state index in [2.05, 4.69) is 0 Å². The summed E-state index contributed by atoms with van der Waals surface area (Å²) in [7, 11) is 0. The number of nitrogens with two attached hydrogens (primary N) is 2. The molecule has 0 aliphatic heterocycles. The van der Waals surface area contributed by atoms with Gasteiger partial charge >= 0.3 is 35.5 Å². The molecule has 0 aromatic carbocycles. The summed E-state index contributed by atoms with van der Waals surface area (Å²) in [6.07, 6.45) is 1.14. The summed E-state index contributed by atoms with van der Waals surface area (Å²) < 4.78 is 0. The van der Waals surface area contributed by atoms with Crippen molar-refractivity contribution in [3.8, 4) is 0 Å². The first kappa shape index (κ1) is 13.0. The molecular formula is C5H13N2NaO2. The average Bonchev–Trinajstić information content (AvgIpc) is 1.82.